The molecule has 1 amide bonds. The Morgan fingerprint density at radius 1 is 1.62 bits per heavy atom. The molecule has 0 radical (unpaired) electrons. The zero-order valence-corrected chi connectivity index (χ0v) is 7.66. The van der Waals surface area contributed by atoms with Crippen LogP contribution in [-0.2, 0) is 4.79 Å². The van der Waals surface area contributed by atoms with Crippen molar-refractivity contribution in [2.24, 2.45) is 5.73 Å². The third kappa shape index (κ3) is 7.45. The normalized spacial score (nSPS) is 12.2. The molecule has 0 aromatic rings. The molecule has 0 saturated heterocycles. The number of rotatable bonds is 6. The molecule has 0 bridgehead atoms. The molecule has 5 nitrogen and oxygen atoms in total. The van der Waals surface area contributed by atoms with Crippen LogP contribution < -0.4 is 11.1 Å². The van der Waals surface area contributed by atoms with Crippen LogP contribution in [-0.4, -0.2) is 35.5 Å². The van der Waals surface area contributed by atoms with E-state index in [4.69, 9.17) is 15.9 Å². The van der Waals surface area contributed by atoms with Gasteiger partial charge in [-0.05, 0) is 19.9 Å². The first kappa shape index (κ1) is 12.1. The summed E-state index contributed by atoms with van der Waals surface area (Å²) in [6.45, 7) is 2.36. The van der Waals surface area contributed by atoms with Crippen LogP contribution in [0.1, 0.15) is 13.3 Å². The van der Waals surface area contributed by atoms with Crippen molar-refractivity contribution < 1.29 is 15.0 Å². The van der Waals surface area contributed by atoms with E-state index in [1.165, 1.54) is 0 Å². The molecule has 5 N–H and O–H groups in total. The lowest BCUT2D eigenvalue weighted by molar-refractivity contribution is -0.114. The summed E-state index contributed by atoms with van der Waals surface area (Å²) in [7, 11) is 0. The molecular weight excluding hydrogens is 172 g/mol. The van der Waals surface area contributed by atoms with Gasteiger partial charge in [0.25, 0.3) is 0 Å². The smallest absolute Gasteiger partial charge is 0.244 e. The third-order valence-corrected chi connectivity index (χ3v) is 1.49. The van der Waals surface area contributed by atoms with Crippen LogP contribution in [0.25, 0.3) is 0 Å². The lowest BCUT2D eigenvalue weighted by Gasteiger charge is -2.03. The van der Waals surface area contributed by atoms with Crippen molar-refractivity contribution >= 4 is 5.91 Å². The Morgan fingerprint density at radius 2 is 2.23 bits per heavy atom. The molecule has 0 aliphatic rings. The maximum atomic E-state index is 10.5. The summed E-state index contributed by atoms with van der Waals surface area (Å²) in [5, 5.41) is 19.7. The molecule has 5 heteroatoms. The fourth-order valence-corrected chi connectivity index (χ4v) is 0.722. The molecule has 0 fully saturated rings. The number of nitrogens with two attached hydrogens (primary N) is 1. The van der Waals surface area contributed by atoms with Crippen LogP contribution in [0.15, 0.2) is 11.6 Å². The summed E-state index contributed by atoms with van der Waals surface area (Å²) >= 11 is 0. The SMILES string of the molecule is CC(=CCCNCC(O)O)C(N)=O. The van der Waals surface area contributed by atoms with Gasteiger partial charge in [0.15, 0.2) is 6.29 Å². The third-order valence-electron chi connectivity index (χ3n) is 1.49. The van der Waals surface area contributed by atoms with Gasteiger partial charge in [0.1, 0.15) is 0 Å². The van der Waals surface area contributed by atoms with E-state index in [-0.39, 0.29) is 6.54 Å². The zero-order chi connectivity index (χ0) is 10.3. The van der Waals surface area contributed by atoms with Crippen LogP contribution in [0.2, 0.25) is 0 Å². The highest BCUT2D eigenvalue weighted by Crippen LogP contribution is 1.92. The van der Waals surface area contributed by atoms with Gasteiger partial charge in [-0.2, -0.15) is 0 Å². The van der Waals surface area contributed by atoms with Crippen molar-refractivity contribution in [3.8, 4) is 0 Å². The molecule has 0 saturated carbocycles. The quantitative estimate of drug-likeness (QED) is 0.237. The fraction of sp³-hybridized carbons (Fsp3) is 0.625. The Hall–Kier alpha value is -0.910. The number of carbonyl (C=O) groups is 1. The number of nitrogens with one attached hydrogen (secondary N) is 1. The number of aliphatic hydroxyl groups is 2. The molecule has 0 atom stereocenters. The van der Waals surface area contributed by atoms with Gasteiger partial charge in [0.2, 0.25) is 5.91 Å². The van der Waals surface area contributed by atoms with E-state index >= 15 is 0 Å². The Kier molecular flexibility index (Phi) is 6.13. The number of carbonyl (C=O) groups excluding carboxylic acids is 1. The fourth-order valence-electron chi connectivity index (χ4n) is 0.722. The molecule has 76 valence electrons. The minimum Gasteiger partial charge on any atom is -0.367 e. The molecule has 0 aliphatic heterocycles. The van der Waals surface area contributed by atoms with Gasteiger partial charge in [-0.15, -0.1) is 0 Å². The van der Waals surface area contributed by atoms with E-state index in [0.29, 0.717) is 18.5 Å². The van der Waals surface area contributed by atoms with Crippen LogP contribution >= 0.6 is 0 Å². The summed E-state index contributed by atoms with van der Waals surface area (Å²) in [5.41, 5.74) is 5.51. The van der Waals surface area contributed by atoms with E-state index in [9.17, 15) is 4.79 Å². The predicted molar refractivity (Wildman–Crippen MR) is 48.7 cm³/mol. The number of amides is 1. The van der Waals surface area contributed by atoms with Gasteiger partial charge >= 0.3 is 0 Å². The highest BCUT2D eigenvalue weighted by atomic mass is 16.5. The second kappa shape index (κ2) is 6.59. The topological polar surface area (TPSA) is 95.6 Å². The average molecular weight is 188 g/mol. The standard InChI is InChI=1S/C8H16N2O3/c1-6(8(9)13)3-2-4-10-5-7(11)12/h3,7,10-12H,2,4-5H2,1H3,(H2,9,13). The summed E-state index contributed by atoms with van der Waals surface area (Å²) in [6.07, 6.45) is 1.02. The van der Waals surface area contributed by atoms with E-state index < -0.39 is 12.2 Å². The molecule has 0 rings (SSSR count). The monoisotopic (exact) mass is 188 g/mol. The highest BCUT2D eigenvalue weighted by molar-refractivity contribution is 5.91. The lowest BCUT2D eigenvalue weighted by Crippen LogP contribution is -2.26. The number of hydrogen-bond acceptors (Lipinski definition) is 4. The van der Waals surface area contributed by atoms with Crippen molar-refractivity contribution in [2.45, 2.75) is 19.6 Å². The first-order chi connectivity index (χ1) is 6.04. The summed E-state index contributed by atoms with van der Waals surface area (Å²) in [4.78, 5) is 10.5. The van der Waals surface area contributed by atoms with Crippen molar-refractivity contribution in [2.75, 3.05) is 13.1 Å². The molecule has 0 aromatic heterocycles. The maximum Gasteiger partial charge on any atom is 0.244 e. The van der Waals surface area contributed by atoms with Gasteiger partial charge in [-0.1, -0.05) is 6.08 Å². The summed E-state index contributed by atoms with van der Waals surface area (Å²) in [6, 6.07) is 0. The number of hydrogen-bond donors (Lipinski definition) is 4. The van der Waals surface area contributed by atoms with Gasteiger partial charge in [0, 0.05) is 12.1 Å². The Morgan fingerprint density at radius 3 is 2.69 bits per heavy atom. The second-order valence-electron chi connectivity index (χ2n) is 2.72. The van der Waals surface area contributed by atoms with Gasteiger partial charge in [0.05, 0.1) is 0 Å². The molecule has 0 spiro atoms. The van der Waals surface area contributed by atoms with Gasteiger partial charge < -0.3 is 21.3 Å². The minimum absolute atomic E-state index is 0.128. The van der Waals surface area contributed by atoms with E-state index in [1.54, 1.807) is 13.0 Å². The molecular formula is C8H16N2O3. The second-order valence-corrected chi connectivity index (χ2v) is 2.72. The first-order valence-corrected chi connectivity index (χ1v) is 4.07. The van der Waals surface area contributed by atoms with Crippen LogP contribution in [0.5, 0.6) is 0 Å². The predicted octanol–water partition coefficient (Wildman–Crippen LogP) is -1.29. The first-order valence-electron chi connectivity index (χ1n) is 4.07. The summed E-state index contributed by atoms with van der Waals surface area (Å²) in [5.74, 6) is -0.429. The minimum atomic E-state index is -1.33. The molecule has 0 heterocycles. The molecule has 0 aromatic carbocycles. The van der Waals surface area contributed by atoms with Gasteiger partial charge in [-0.25, -0.2) is 0 Å². The maximum absolute atomic E-state index is 10.5. The van der Waals surface area contributed by atoms with Crippen LogP contribution in [0, 0.1) is 0 Å². The van der Waals surface area contributed by atoms with Crippen LogP contribution in [0.3, 0.4) is 0 Å². The van der Waals surface area contributed by atoms with Crippen LogP contribution in [0.4, 0.5) is 0 Å². The van der Waals surface area contributed by atoms with E-state index in [2.05, 4.69) is 5.32 Å². The largest absolute Gasteiger partial charge is 0.367 e. The zero-order valence-electron chi connectivity index (χ0n) is 7.66. The Labute approximate surface area is 77.2 Å². The van der Waals surface area contributed by atoms with Crippen molar-refractivity contribution in [1.82, 2.24) is 5.32 Å². The number of aliphatic hydroxyl groups excluding tert-OH is 1. The van der Waals surface area contributed by atoms with Crippen molar-refractivity contribution in [1.29, 1.82) is 0 Å². The molecule has 0 aliphatic carbocycles. The Bertz CT molecular complexity index is 190. The van der Waals surface area contributed by atoms with Crippen molar-refractivity contribution in [3.05, 3.63) is 11.6 Å². The molecule has 0 unspecified atom stereocenters. The highest BCUT2D eigenvalue weighted by Gasteiger charge is 1.96. The van der Waals surface area contributed by atoms with Crippen molar-refractivity contribution in [3.63, 3.8) is 0 Å². The summed E-state index contributed by atoms with van der Waals surface area (Å²) < 4.78 is 0. The van der Waals surface area contributed by atoms with Gasteiger partial charge in [-0.3, -0.25) is 4.79 Å². The average Bonchev–Trinajstić information content (AvgIpc) is 2.02. The number of primary amides is 1. The Balaban J connectivity index is 3.45. The lowest BCUT2D eigenvalue weighted by atomic mass is 10.2. The molecule has 13 heavy (non-hydrogen) atoms. The van der Waals surface area contributed by atoms with E-state index in [0.717, 1.165) is 0 Å². The van der Waals surface area contributed by atoms with E-state index in [1.807, 2.05) is 0 Å².